The number of hydrogen-bond acceptors (Lipinski definition) is 3. The average molecular weight is 372 g/mol. The van der Waals surface area contributed by atoms with Gasteiger partial charge in [-0.1, -0.05) is 0 Å². The molecule has 1 heterocycles. The highest BCUT2D eigenvalue weighted by atomic mass is 19.4. The van der Waals surface area contributed by atoms with Crippen LogP contribution in [0.15, 0.2) is 36.4 Å². The highest BCUT2D eigenvalue weighted by Gasteiger charge is 2.32. The Hall–Kier alpha value is -3.30. The number of rotatable bonds is 4. The lowest BCUT2D eigenvalue weighted by atomic mass is 10.2. The van der Waals surface area contributed by atoms with Gasteiger partial charge in [-0.2, -0.15) is 0 Å². The Morgan fingerprint density at radius 3 is 2.42 bits per heavy atom. The van der Waals surface area contributed by atoms with Gasteiger partial charge >= 0.3 is 12.3 Å². The Kier molecular flexibility index (Phi) is 4.18. The van der Waals surface area contributed by atoms with Crippen molar-refractivity contribution in [3.8, 4) is 5.75 Å². The molecule has 0 aliphatic rings. The summed E-state index contributed by atoms with van der Waals surface area (Å²) in [6.07, 6.45) is -5.07. The standard InChI is InChI=1S/C16H9F5N2O3/c17-9-2-1-7(5-13(9)26-16(19,20)21)22-11-4-3-10(18)14-8(11)6-12(23-14)15(24)25/h1-6,22-23H,(H,24,25). The van der Waals surface area contributed by atoms with Crippen LogP contribution < -0.4 is 10.1 Å². The second-order valence-electron chi connectivity index (χ2n) is 5.19. The maximum atomic E-state index is 13.8. The van der Waals surface area contributed by atoms with E-state index in [-0.39, 0.29) is 28.0 Å². The second kappa shape index (κ2) is 6.21. The summed E-state index contributed by atoms with van der Waals surface area (Å²) in [4.78, 5) is 13.4. The van der Waals surface area contributed by atoms with E-state index < -0.39 is 29.7 Å². The first-order chi connectivity index (χ1) is 12.1. The molecule has 0 atom stereocenters. The van der Waals surface area contributed by atoms with E-state index in [1.165, 1.54) is 12.1 Å². The number of halogens is 5. The van der Waals surface area contributed by atoms with Crippen LogP contribution in [0.3, 0.4) is 0 Å². The molecule has 0 saturated heterocycles. The van der Waals surface area contributed by atoms with Crippen LogP contribution in [0.4, 0.5) is 33.3 Å². The lowest BCUT2D eigenvalue weighted by molar-refractivity contribution is -0.275. The fraction of sp³-hybridized carbons (Fsp3) is 0.0625. The predicted octanol–water partition coefficient (Wildman–Crippen LogP) is 4.79. The maximum absolute atomic E-state index is 13.8. The van der Waals surface area contributed by atoms with E-state index in [1.54, 1.807) is 0 Å². The fourth-order valence-electron chi connectivity index (χ4n) is 2.35. The van der Waals surface area contributed by atoms with Gasteiger partial charge in [-0.3, -0.25) is 0 Å². The molecule has 0 amide bonds. The second-order valence-corrected chi connectivity index (χ2v) is 5.19. The van der Waals surface area contributed by atoms with Crippen molar-refractivity contribution in [1.82, 2.24) is 4.98 Å². The lowest BCUT2D eigenvalue weighted by Crippen LogP contribution is -2.18. The zero-order valence-corrected chi connectivity index (χ0v) is 12.6. The summed E-state index contributed by atoms with van der Waals surface area (Å²) in [6, 6.07) is 6.18. The predicted molar refractivity (Wildman–Crippen MR) is 81.6 cm³/mol. The van der Waals surface area contributed by atoms with Gasteiger partial charge in [0.2, 0.25) is 0 Å². The Labute approximate surface area is 142 Å². The smallest absolute Gasteiger partial charge is 0.477 e. The van der Waals surface area contributed by atoms with Gasteiger partial charge in [-0.25, -0.2) is 13.6 Å². The van der Waals surface area contributed by atoms with Crippen molar-refractivity contribution < 1.29 is 36.6 Å². The number of H-pyrrole nitrogens is 1. The number of aromatic nitrogens is 1. The van der Waals surface area contributed by atoms with Crippen molar-refractivity contribution in [3.05, 3.63) is 53.7 Å². The molecule has 3 N–H and O–H groups in total. The van der Waals surface area contributed by atoms with Crippen LogP contribution in [-0.4, -0.2) is 22.4 Å². The first-order valence-electron chi connectivity index (χ1n) is 7.01. The van der Waals surface area contributed by atoms with Crippen molar-refractivity contribution in [1.29, 1.82) is 0 Å². The zero-order valence-electron chi connectivity index (χ0n) is 12.6. The molecule has 1 aromatic heterocycles. The van der Waals surface area contributed by atoms with Crippen LogP contribution in [0.5, 0.6) is 5.75 Å². The van der Waals surface area contributed by atoms with E-state index in [2.05, 4.69) is 15.0 Å². The molecule has 10 heteroatoms. The lowest BCUT2D eigenvalue weighted by Gasteiger charge is -2.13. The van der Waals surface area contributed by atoms with Crippen molar-refractivity contribution in [2.75, 3.05) is 5.32 Å². The minimum absolute atomic E-state index is 0.0247. The number of fused-ring (bicyclic) bond motifs is 1. The molecule has 0 unspecified atom stereocenters. The maximum Gasteiger partial charge on any atom is 0.573 e. The van der Waals surface area contributed by atoms with E-state index in [0.29, 0.717) is 0 Å². The minimum atomic E-state index is -5.07. The zero-order chi connectivity index (χ0) is 19.1. The van der Waals surface area contributed by atoms with Crippen molar-refractivity contribution in [2.24, 2.45) is 0 Å². The van der Waals surface area contributed by atoms with Gasteiger partial charge in [0.05, 0.1) is 5.52 Å². The minimum Gasteiger partial charge on any atom is -0.477 e. The van der Waals surface area contributed by atoms with E-state index >= 15 is 0 Å². The van der Waals surface area contributed by atoms with Gasteiger partial charge in [0.25, 0.3) is 0 Å². The molecule has 0 spiro atoms. The molecule has 2 aromatic carbocycles. The molecular formula is C16H9F5N2O3. The normalized spacial score (nSPS) is 11.6. The third kappa shape index (κ3) is 3.53. The molecular weight excluding hydrogens is 363 g/mol. The van der Waals surface area contributed by atoms with Crippen LogP contribution in [0.2, 0.25) is 0 Å². The quantitative estimate of drug-likeness (QED) is 0.576. The highest BCUT2D eigenvalue weighted by molar-refractivity contribution is 6.00. The Morgan fingerprint density at radius 2 is 1.77 bits per heavy atom. The molecule has 3 rings (SSSR count). The third-order valence-corrected chi connectivity index (χ3v) is 3.41. The van der Waals surface area contributed by atoms with Crippen molar-refractivity contribution in [3.63, 3.8) is 0 Å². The van der Waals surface area contributed by atoms with E-state index in [0.717, 1.165) is 24.3 Å². The third-order valence-electron chi connectivity index (χ3n) is 3.41. The number of carboxylic acids is 1. The summed E-state index contributed by atoms with van der Waals surface area (Å²) < 4.78 is 67.8. The number of alkyl halides is 3. The Morgan fingerprint density at radius 1 is 1.08 bits per heavy atom. The van der Waals surface area contributed by atoms with Crippen LogP contribution in [-0.2, 0) is 0 Å². The number of carboxylic acid groups (broad SMARTS) is 1. The number of aromatic amines is 1. The van der Waals surface area contributed by atoms with Gasteiger partial charge in [0, 0.05) is 22.8 Å². The van der Waals surface area contributed by atoms with E-state index in [9.17, 15) is 26.7 Å². The Bertz CT molecular complexity index is 997. The topological polar surface area (TPSA) is 74.3 Å². The first kappa shape index (κ1) is 17.5. The van der Waals surface area contributed by atoms with Gasteiger partial charge < -0.3 is 20.1 Å². The van der Waals surface area contributed by atoms with Crippen LogP contribution in [0, 0.1) is 11.6 Å². The number of nitrogens with one attached hydrogen (secondary N) is 2. The molecule has 0 aliphatic carbocycles. The number of anilines is 2. The van der Waals surface area contributed by atoms with Gasteiger partial charge in [-0.15, -0.1) is 13.2 Å². The highest BCUT2D eigenvalue weighted by Crippen LogP contribution is 2.32. The summed E-state index contributed by atoms with van der Waals surface area (Å²) in [5.74, 6) is -4.28. The van der Waals surface area contributed by atoms with Crippen LogP contribution in [0.1, 0.15) is 10.5 Å². The molecule has 3 aromatic rings. The number of benzene rings is 2. The largest absolute Gasteiger partial charge is 0.573 e. The number of ether oxygens (including phenoxy) is 1. The summed E-state index contributed by atoms with van der Waals surface area (Å²) in [6.45, 7) is 0. The van der Waals surface area contributed by atoms with Crippen LogP contribution >= 0.6 is 0 Å². The number of carbonyl (C=O) groups is 1. The summed E-state index contributed by atoms with van der Waals surface area (Å²) in [7, 11) is 0. The molecule has 0 bridgehead atoms. The summed E-state index contributed by atoms with van der Waals surface area (Å²) in [5, 5.41) is 11.8. The van der Waals surface area contributed by atoms with E-state index in [1.807, 2.05) is 0 Å². The molecule has 0 radical (unpaired) electrons. The molecule has 26 heavy (non-hydrogen) atoms. The monoisotopic (exact) mass is 372 g/mol. The molecule has 0 aliphatic heterocycles. The summed E-state index contributed by atoms with van der Waals surface area (Å²) in [5.41, 5.74) is -0.138. The van der Waals surface area contributed by atoms with Crippen molar-refractivity contribution >= 4 is 28.2 Å². The fourth-order valence-corrected chi connectivity index (χ4v) is 2.35. The van der Waals surface area contributed by atoms with Crippen LogP contribution in [0.25, 0.3) is 10.9 Å². The van der Waals surface area contributed by atoms with Gasteiger partial charge in [0.1, 0.15) is 11.5 Å². The number of aromatic carboxylic acids is 1. The summed E-state index contributed by atoms with van der Waals surface area (Å²) >= 11 is 0. The number of hydrogen-bond donors (Lipinski definition) is 3. The van der Waals surface area contributed by atoms with E-state index in [4.69, 9.17) is 5.11 Å². The average Bonchev–Trinajstić information content (AvgIpc) is 2.98. The molecule has 0 fully saturated rings. The molecule has 136 valence electrons. The van der Waals surface area contributed by atoms with Crippen molar-refractivity contribution in [2.45, 2.75) is 6.36 Å². The van der Waals surface area contributed by atoms with Gasteiger partial charge in [0.15, 0.2) is 11.6 Å². The SMILES string of the molecule is O=C(O)c1cc2c(Nc3ccc(F)c(OC(F)(F)F)c3)ccc(F)c2[nH]1. The molecule has 0 saturated carbocycles. The first-order valence-corrected chi connectivity index (χ1v) is 7.01. The van der Waals surface area contributed by atoms with Gasteiger partial charge in [-0.05, 0) is 30.3 Å². The molecule has 5 nitrogen and oxygen atoms in total. The Balaban J connectivity index is 2.00.